The second-order valence-corrected chi connectivity index (χ2v) is 4.53. The Bertz CT molecular complexity index is 671. The second-order valence-electron chi connectivity index (χ2n) is 3.67. The van der Waals surface area contributed by atoms with Crippen LogP contribution in [0.3, 0.4) is 0 Å². The number of nitrogens with zero attached hydrogens (tertiary/aromatic N) is 1. The molecule has 0 saturated heterocycles. The van der Waals surface area contributed by atoms with E-state index in [0.717, 1.165) is 12.1 Å². The van der Waals surface area contributed by atoms with Crippen molar-refractivity contribution in [3.05, 3.63) is 62.4 Å². The van der Waals surface area contributed by atoms with Crippen LogP contribution in [0.5, 0.6) is 11.5 Å². The average Bonchev–Trinajstić information content (AvgIpc) is 2.37. The standard InChI is InChI=1S/C12H5BrF3NO3/c13-8-2-1-6(14)3-11(8)20-12-9(15)4-7(17(18)19)5-10(12)16/h1-5H. The average molecular weight is 348 g/mol. The van der Waals surface area contributed by atoms with Gasteiger partial charge in [0.05, 0.1) is 21.5 Å². The number of nitro benzene ring substituents is 1. The van der Waals surface area contributed by atoms with Gasteiger partial charge in [-0.05, 0) is 28.1 Å². The van der Waals surface area contributed by atoms with E-state index in [9.17, 15) is 23.3 Å². The molecule has 0 bridgehead atoms. The molecule has 20 heavy (non-hydrogen) atoms. The maximum Gasteiger partial charge on any atom is 0.275 e. The molecule has 2 rings (SSSR count). The van der Waals surface area contributed by atoms with Gasteiger partial charge in [-0.3, -0.25) is 10.1 Å². The van der Waals surface area contributed by atoms with Gasteiger partial charge in [0.2, 0.25) is 0 Å². The minimum atomic E-state index is -1.26. The van der Waals surface area contributed by atoms with Gasteiger partial charge in [-0.25, -0.2) is 13.2 Å². The number of nitro groups is 1. The monoisotopic (exact) mass is 347 g/mol. The summed E-state index contributed by atoms with van der Waals surface area (Å²) in [4.78, 5) is 9.51. The number of hydrogen-bond acceptors (Lipinski definition) is 3. The lowest BCUT2D eigenvalue weighted by Crippen LogP contribution is -1.97. The van der Waals surface area contributed by atoms with Crippen molar-refractivity contribution in [2.45, 2.75) is 0 Å². The van der Waals surface area contributed by atoms with Gasteiger partial charge in [-0.2, -0.15) is 0 Å². The second kappa shape index (κ2) is 5.49. The van der Waals surface area contributed by atoms with Crippen molar-refractivity contribution in [1.29, 1.82) is 0 Å². The van der Waals surface area contributed by atoms with Crippen molar-refractivity contribution >= 4 is 21.6 Å². The van der Waals surface area contributed by atoms with Gasteiger partial charge in [-0.1, -0.05) is 0 Å². The zero-order valence-electron chi connectivity index (χ0n) is 9.57. The zero-order valence-corrected chi connectivity index (χ0v) is 11.2. The molecule has 0 atom stereocenters. The van der Waals surface area contributed by atoms with Crippen LogP contribution in [0, 0.1) is 27.6 Å². The van der Waals surface area contributed by atoms with Crippen LogP contribution in [-0.4, -0.2) is 4.92 Å². The van der Waals surface area contributed by atoms with Gasteiger partial charge >= 0.3 is 0 Å². The summed E-state index contributed by atoms with van der Waals surface area (Å²) in [6.45, 7) is 0. The van der Waals surface area contributed by atoms with E-state index in [4.69, 9.17) is 4.74 Å². The van der Waals surface area contributed by atoms with E-state index in [1.165, 1.54) is 6.07 Å². The van der Waals surface area contributed by atoms with Crippen LogP contribution < -0.4 is 4.74 Å². The Hall–Kier alpha value is -2.09. The Balaban J connectivity index is 2.44. The molecule has 0 amide bonds. The van der Waals surface area contributed by atoms with E-state index in [1.807, 2.05) is 0 Å². The first kappa shape index (κ1) is 14.3. The van der Waals surface area contributed by atoms with Gasteiger partial charge < -0.3 is 4.74 Å². The molecular weight excluding hydrogens is 343 g/mol. The summed E-state index contributed by atoms with van der Waals surface area (Å²) in [7, 11) is 0. The Labute approximate surface area is 119 Å². The summed E-state index contributed by atoms with van der Waals surface area (Å²) in [5.74, 6) is -4.18. The summed E-state index contributed by atoms with van der Waals surface area (Å²) >= 11 is 3.03. The van der Waals surface area contributed by atoms with Crippen molar-refractivity contribution in [3.63, 3.8) is 0 Å². The molecule has 0 N–H and O–H groups in total. The van der Waals surface area contributed by atoms with Crippen molar-refractivity contribution < 1.29 is 22.8 Å². The van der Waals surface area contributed by atoms with E-state index >= 15 is 0 Å². The molecule has 2 aromatic rings. The van der Waals surface area contributed by atoms with E-state index in [2.05, 4.69) is 15.9 Å². The maximum absolute atomic E-state index is 13.6. The van der Waals surface area contributed by atoms with Crippen LogP contribution in [0.25, 0.3) is 0 Å². The molecule has 0 aliphatic rings. The third-order valence-corrected chi connectivity index (χ3v) is 2.95. The molecule has 2 aromatic carbocycles. The fraction of sp³-hybridized carbons (Fsp3) is 0. The lowest BCUT2D eigenvalue weighted by atomic mass is 10.2. The van der Waals surface area contributed by atoms with E-state index < -0.39 is 33.8 Å². The summed E-state index contributed by atoms with van der Waals surface area (Å²) < 4.78 is 45.5. The first-order chi connectivity index (χ1) is 9.38. The van der Waals surface area contributed by atoms with Gasteiger partial charge in [0.15, 0.2) is 17.4 Å². The van der Waals surface area contributed by atoms with Gasteiger partial charge in [-0.15, -0.1) is 0 Å². The van der Waals surface area contributed by atoms with Crippen LogP contribution in [-0.2, 0) is 0 Å². The third kappa shape index (κ3) is 2.90. The smallest absolute Gasteiger partial charge is 0.275 e. The van der Waals surface area contributed by atoms with Crippen molar-refractivity contribution in [2.75, 3.05) is 0 Å². The Morgan fingerprint density at radius 3 is 2.25 bits per heavy atom. The molecule has 0 aliphatic heterocycles. The summed E-state index contributed by atoms with van der Waals surface area (Å²) in [5.41, 5.74) is -0.745. The molecule has 8 heteroatoms. The molecule has 0 saturated carbocycles. The molecule has 0 aliphatic carbocycles. The number of non-ortho nitro benzene ring substituents is 1. The molecule has 104 valence electrons. The first-order valence-corrected chi connectivity index (χ1v) is 5.94. The maximum atomic E-state index is 13.6. The summed E-state index contributed by atoms with van der Waals surface area (Å²) in [6, 6.07) is 4.38. The van der Waals surface area contributed by atoms with Crippen LogP contribution in [0.2, 0.25) is 0 Å². The van der Waals surface area contributed by atoms with Crippen LogP contribution in [0.15, 0.2) is 34.8 Å². The highest BCUT2D eigenvalue weighted by Crippen LogP contribution is 2.34. The normalized spacial score (nSPS) is 10.4. The van der Waals surface area contributed by atoms with Crippen LogP contribution in [0.1, 0.15) is 0 Å². The molecule has 0 spiro atoms. The van der Waals surface area contributed by atoms with Gasteiger partial charge in [0.1, 0.15) is 11.6 Å². The molecule has 0 fully saturated rings. The molecule has 0 unspecified atom stereocenters. The largest absolute Gasteiger partial charge is 0.450 e. The number of halogens is 4. The Morgan fingerprint density at radius 1 is 1.10 bits per heavy atom. The van der Waals surface area contributed by atoms with Crippen molar-refractivity contribution in [2.24, 2.45) is 0 Å². The molecular formula is C12H5BrF3NO3. The van der Waals surface area contributed by atoms with Gasteiger partial charge in [0, 0.05) is 6.07 Å². The zero-order chi connectivity index (χ0) is 14.9. The fourth-order valence-electron chi connectivity index (χ4n) is 1.41. The highest BCUT2D eigenvalue weighted by atomic mass is 79.9. The summed E-state index contributed by atoms with van der Waals surface area (Å²) in [6.07, 6.45) is 0. The van der Waals surface area contributed by atoms with Crippen molar-refractivity contribution in [3.8, 4) is 11.5 Å². The molecule has 4 nitrogen and oxygen atoms in total. The van der Waals surface area contributed by atoms with E-state index in [0.29, 0.717) is 12.1 Å². The number of benzene rings is 2. The Kier molecular flexibility index (Phi) is 3.93. The minimum absolute atomic E-state index is 0.156. The SMILES string of the molecule is O=[N+]([O-])c1cc(F)c(Oc2cc(F)ccc2Br)c(F)c1. The predicted octanol–water partition coefficient (Wildman–Crippen LogP) is 4.57. The topological polar surface area (TPSA) is 52.4 Å². The lowest BCUT2D eigenvalue weighted by Gasteiger charge is -2.09. The summed E-state index contributed by atoms with van der Waals surface area (Å²) in [5, 5.41) is 10.4. The third-order valence-electron chi connectivity index (χ3n) is 2.30. The van der Waals surface area contributed by atoms with Crippen molar-refractivity contribution in [1.82, 2.24) is 0 Å². The van der Waals surface area contributed by atoms with E-state index in [-0.39, 0.29) is 10.2 Å². The minimum Gasteiger partial charge on any atom is -0.450 e. The quantitative estimate of drug-likeness (QED) is 0.603. The van der Waals surface area contributed by atoms with Crippen LogP contribution in [0.4, 0.5) is 18.9 Å². The van der Waals surface area contributed by atoms with Crippen LogP contribution >= 0.6 is 15.9 Å². The lowest BCUT2D eigenvalue weighted by molar-refractivity contribution is -0.385. The molecule has 0 heterocycles. The van der Waals surface area contributed by atoms with E-state index in [1.54, 1.807) is 0 Å². The van der Waals surface area contributed by atoms with Gasteiger partial charge in [0.25, 0.3) is 5.69 Å². The molecule has 0 aromatic heterocycles. The first-order valence-electron chi connectivity index (χ1n) is 5.15. The number of hydrogen-bond donors (Lipinski definition) is 0. The highest BCUT2D eigenvalue weighted by molar-refractivity contribution is 9.10. The Morgan fingerprint density at radius 2 is 1.70 bits per heavy atom. The highest BCUT2D eigenvalue weighted by Gasteiger charge is 2.19. The fourth-order valence-corrected chi connectivity index (χ4v) is 1.74. The predicted molar refractivity (Wildman–Crippen MR) is 67.2 cm³/mol. The number of rotatable bonds is 3. The molecule has 0 radical (unpaired) electrons. The number of ether oxygens (including phenoxy) is 1.